The molecule has 1 N–H and O–H groups in total. The van der Waals surface area contributed by atoms with Crippen LogP contribution >= 0.6 is 23.8 Å². The molecule has 0 saturated carbocycles. The Morgan fingerprint density at radius 1 is 1.32 bits per heavy atom. The van der Waals surface area contributed by atoms with E-state index >= 15 is 0 Å². The number of hydrazone groups is 1. The zero-order chi connectivity index (χ0) is 17.8. The Balaban J connectivity index is 2.17. The first-order valence-corrected chi connectivity index (χ1v) is 8.49. The number of thiocarbonyl (C=S) groups is 1. The molecule has 0 amide bonds. The lowest BCUT2D eigenvalue weighted by atomic mass is 9.99. The van der Waals surface area contributed by atoms with Crippen LogP contribution in [0.2, 0.25) is 5.02 Å². The number of hydrogen-bond acceptors (Lipinski definition) is 5. The molecule has 0 atom stereocenters. The molecule has 5 nitrogen and oxygen atoms in total. The van der Waals surface area contributed by atoms with Crippen molar-refractivity contribution >= 4 is 46.5 Å². The largest absolute Gasteiger partial charge is 0.497 e. The number of anilines is 1. The summed E-state index contributed by atoms with van der Waals surface area (Å²) in [5, 5.41) is 4.91. The molecular formula is C18H17ClN4OS. The van der Waals surface area contributed by atoms with Gasteiger partial charge in [0.15, 0.2) is 0 Å². The van der Waals surface area contributed by atoms with Crippen molar-refractivity contribution in [2.45, 2.75) is 6.92 Å². The van der Waals surface area contributed by atoms with Gasteiger partial charge in [0.25, 0.3) is 0 Å². The van der Waals surface area contributed by atoms with Crippen LogP contribution in [-0.2, 0) is 0 Å². The molecule has 25 heavy (non-hydrogen) atoms. The number of rotatable bonds is 5. The summed E-state index contributed by atoms with van der Waals surface area (Å²) >= 11 is 11.0. The first-order valence-electron chi connectivity index (χ1n) is 7.64. The maximum atomic E-state index is 6.02. The monoisotopic (exact) mass is 372 g/mol. The van der Waals surface area contributed by atoms with Crippen LogP contribution < -0.4 is 15.1 Å². The van der Waals surface area contributed by atoms with E-state index < -0.39 is 0 Å². The van der Waals surface area contributed by atoms with Crippen LogP contribution in [-0.4, -0.2) is 30.8 Å². The van der Waals surface area contributed by atoms with Gasteiger partial charge >= 0.3 is 0 Å². The highest BCUT2D eigenvalue weighted by molar-refractivity contribution is 7.78. The average Bonchev–Trinajstić information content (AvgIpc) is 3.06. The molecule has 3 rings (SSSR count). The van der Waals surface area contributed by atoms with E-state index in [4.69, 9.17) is 28.6 Å². The summed E-state index contributed by atoms with van der Waals surface area (Å²) in [4.78, 5) is 6.52. The maximum absolute atomic E-state index is 6.02. The van der Waals surface area contributed by atoms with Gasteiger partial charge in [-0.3, -0.25) is 5.43 Å². The van der Waals surface area contributed by atoms with Gasteiger partial charge in [0.1, 0.15) is 18.3 Å². The summed E-state index contributed by atoms with van der Waals surface area (Å²) in [6.07, 6.45) is 0. The van der Waals surface area contributed by atoms with Gasteiger partial charge in [-0.25, -0.2) is 4.99 Å². The molecule has 1 aliphatic heterocycles. The second-order valence-electron chi connectivity index (χ2n) is 5.38. The Labute approximate surface area is 157 Å². The summed E-state index contributed by atoms with van der Waals surface area (Å²) in [7, 11) is 1.64. The molecule has 0 radical (unpaired) electrons. The minimum Gasteiger partial charge on any atom is -0.497 e. The topological polar surface area (TPSA) is 49.2 Å². The second kappa shape index (κ2) is 7.63. The Morgan fingerprint density at radius 2 is 2.08 bits per heavy atom. The Hall–Kier alpha value is -2.44. The number of ether oxygens (including phenoxy) is 1. The number of hydrogen-bond donors (Lipinski definition) is 1. The number of methoxy groups -OCH3 is 1. The molecule has 0 aliphatic carbocycles. The van der Waals surface area contributed by atoms with Gasteiger partial charge in [-0.15, -0.1) is 0 Å². The highest BCUT2D eigenvalue weighted by atomic mass is 35.5. The van der Waals surface area contributed by atoms with E-state index in [-0.39, 0.29) is 0 Å². The van der Waals surface area contributed by atoms with E-state index in [0.717, 1.165) is 34.1 Å². The first kappa shape index (κ1) is 17.4. The number of aliphatic imine (C=N–C) groups is 1. The van der Waals surface area contributed by atoms with Crippen LogP contribution in [0.4, 0.5) is 5.69 Å². The highest BCUT2D eigenvalue weighted by Gasteiger charge is 2.21. The van der Waals surface area contributed by atoms with E-state index in [1.165, 1.54) is 5.49 Å². The van der Waals surface area contributed by atoms with Crippen LogP contribution in [0.5, 0.6) is 5.75 Å². The predicted molar refractivity (Wildman–Crippen MR) is 107 cm³/mol. The van der Waals surface area contributed by atoms with Gasteiger partial charge in [0.2, 0.25) is 0 Å². The van der Waals surface area contributed by atoms with Crippen LogP contribution in [0.1, 0.15) is 18.1 Å². The van der Waals surface area contributed by atoms with Gasteiger partial charge in [-0.2, -0.15) is 5.10 Å². The van der Waals surface area contributed by atoms with Crippen molar-refractivity contribution in [3.05, 3.63) is 58.6 Å². The van der Waals surface area contributed by atoms with E-state index in [2.05, 4.69) is 20.4 Å². The first-order chi connectivity index (χ1) is 12.1. The fourth-order valence-corrected chi connectivity index (χ4v) is 2.91. The van der Waals surface area contributed by atoms with Gasteiger partial charge < -0.3 is 9.64 Å². The lowest BCUT2D eigenvalue weighted by Crippen LogP contribution is -2.29. The highest BCUT2D eigenvalue weighted by Crippen LogP contribution is 2.29. The van der Waals surface area contributed by atoms with Crippen LogP contribution in [0.25, 0.3) is 0 Å². The number of halogens is 1. The Kier molecular flexibility index (Phi) is 5.31. The van der Waals surface area contributed by atoms with Crippen molar-refractivity contribution in [3.63, 3.8) is 0 Å². The quantitative estimate of drug-likeness (QED) is 0.640. The summed E-state index contributed by atoms with van der Waals surface area (Å²) in [5.74, 6) is 1.62. The molecule has 0 spiro atoms. The third kappa shape index (κ3) is 3.65. The number of nitrogens with zero attached hydrogens (tertiary/aromatic N) is 3. The number of amidine groups is 1. The molecule has 1 heterocycles. The fourth-order valence-electron chi connectivity index (χ4n) is 2.68. The Morgan fingerprint density at radius 3 is 2.68 bits per heavy atom. The van der Waals surface area contributed by atoms with Crippen LogP contribution in [0.3, 0.4) is 0 Å². The molecule has 0 saturated heterocycles. The zero-order valence-corrected chi connectivity index (χ0v) is 15.4. The van der Waals surface area contributed by atoms with E-state index in [1.807, 2.05) is 49.4 Å². The van der Waals surface area contributed by atoms with E-state index in [9.17, 15) is 0 Å². The lowest BCUT2D eigenvalue weighted by Gasteiger charge is -2.22. The Bertz CT molecular complexity index is 849. The summed E-state index contributed by atoms with van der Waals surface area (Å²) < 4.78 is 5.41. The van der Waals surface area contributed by atoms with Crippen LogP contribution in [0, 0.1) is 0 Å². The van der Waals surface area contributed by atoms with Crippen LogP contribution in [0.15, 0.2) is 52.6 Å². The zero-order valence-electron chi connectivity index (χ0n) is 13.9. The molecule has 0 fully saturated rings. The summed E-state index contributed by atoms with van der Waals surface area (Å²) in [6, 6.07) is 13.4. The van der Waals surface area contributed by atoms with Gasteiger partial charge in [0, 0.05) is 16.1 Å². The van der Waals surface area contributed by atoms with Crippen molar-refractivity contribution in [2.24, 2.45) is 10.1 Å². The van der Waals surface area contributed by atoms with Crippen molar-refractivity contribution in [2.75, 3.05) is 18.7 Å². The fraction of sp³-hybridized carbons (Fsp3) is 0.167. The van der Waals surface area contributed by atoms with Crippen molar-refractivity contribution in [3.8, 4) is 5.75 Å². The van der Waals surface area contributed by atoms with Crippen molar-refractivity contribution in [1.82, 2.24) is 5.43 Å². The lowest BCUT2D eigenvalue weighted by molar-refractivity contribution is 0.415. The molecule has 0 bridgehead atoms. The number of benzene rings is 2. The van der Waals surface area contributed by atoms with Gasteiger partial charge in [-0.1, -0.05) is 36.0 Å². The molecule has 7 heteroatoms. The van der Waals surface area contributed by atoms with E-state index in [1.54, 1.807) is 7.11 Å². The molecule has 2 aromatic carbocycles. The number of nitrogens with one attached hydrogen (secondary N) is 1. The standard InChI is InChI=1S/C18H17ClN4OS/c1-12-22-21-10-23(12)17-8-7-15(24-2)9-16(17)18(20-11-25)13-3-5-14(19)6-4-13/h3-9,11,21H,10H2,1-2H3. The SMILES string of the molecule is COc1ccc(N2CNN=C2C)c(C(=NC=S)c2ccc(Cl)cc2)c1. The van der Waals surface area contributed by atoms with Gasteiger partial charge in [-0.05, 0) is 37.3 Å². The minimum absolute atomic E-state index is 0.594. The van der Waals surface area contributed by atoms with Crippen molar-refractivity contribution in [1.29, 1.82) is 0 Å². The molecule has 0 aromatic heterocycles. The molecule has 0 unspecified atom stereocenters. The smallest absolute Gasteiger partial charge is 0.127 e. The van der Waals surface area contributed by atoms with E-state index in [0.29, 0.717) is 11.7 Å². The molecule has 1 aliphatic rings. The predicted octanol–water partition coefficient (Wildman–Crippen LogP) is 3.84. The normalized spacial score (nSPS) is 14.1. The summed E-state index contributed by atoms with van der Waals surface area (Å²) in [6.45, 7) is 2.54. The molecular weight excluding hydrogens is 356 g/mol. The molecule has 2 aromatic rings. The minimum atomic E-state index is 0.594. The summed E-state index contributed by atoms with van der Waals surface area (Å²) in [5.41, 5.74) is 7.91. The third-order valence-corrected chi connectivity index (χ3v) is 4.27. The third-order valence-electron chi connectivity index (χ3n) is 3.91. The average molecular weight is 373 g/mol. The molecule has 128 valence electrons. The second-order valence-corrected chi connectivity index (χ2v) is 6.02. The van der Waals surface area contributed by atoms with Crippen molar-refractivity contribution < 1.29 is 4.74 Å². The maximum Gasteiger partial charge on any atom is 0.127 e. The van der Waals surface area contributed by atoms with Gasteiger partial charge in [0.05, 0.1) is 24.0 Å².